The van der Waals surface area contributed by atoms with E-state index in [1.165, 1.54) is 12.4 Å². The molecule has 0 fully saturated rings. The van der Waals surface area contributed by atoms with Crippen LogP contribution in [0.3, 0.4) is 0 Å². The van der Waals surface area contributed by atoms with Gasteiger partial charge in [-0.1, -0.05) is 23.7 Å². The van der Waals surface area contributed by atoms with Gasteiger partial charge < -0.3 is 0 Å². The molecular formula is C13H7ClN4O. The first-order valence-electron chi connectivity index (χ1n) is 5.48. The molecule has 19 heavy (non-hydrogen) atoms. The van der Waals surface area contributed by atoms with Gasteiger partial charge in [-0.25, -0.2) is 19.9 Å². The molecule has 3 rings (SSSR count). The van der Waals surface area contributed by atoms with Gasteiger partial charge in [-0.15, -0.1) is 0 Å². The summed E-state index contributed by atoms with van der Waals surface area (Å²) >= 11 is 5.93. The van der Waals surface area contributed by atoms with Gasteiger partial charge in [-0.05, 0) is 12.1 Å². The summed E-state index contributed by atoms with van der Waals surface area (Å²) in [4.78, 5) is 27.7. The third-order valence-electron chi connectivity index (χ3n) is 2.55. The Kier molecular flexibility index (Phi) is 2.89. The predicted octanol–water partition coefficient (Wildman–Crippen LogP) is 2.55. The van der Waals surface area contributed by atoms with Crippen molar-refractivity contribution in [3.8, 4) is 11.4 Å². The Balaban J connectivity index is 2.28. The summed E-state index contributed by atoms with van der Waals surface area (Å²) < 4.78 is 0. The van der Waals surface area contributed by atoms with Crippen molar-refractivity contribution in [2.45, 2.75) is 0 Å². The quantitative estimate of drug-likeness (QED) is 0.669. The number of aldehydes is 1. The van der Waals surface area contributed by atoms with Crippen LogP contribution in [-0.4, -0.2) is 26.2 Å². The lowest BCUT2D eigenvalue weighted by molar-refractivity contribution is 0.112. The molecule has 0 aliphatic heterocycles. The topological polar surface area (TPSA) is 68.6 Å². The Morgan fingerprint density at radius 3 is 2.74 bits per heavy atom. The molecule has 2 aromatic heterocycles. The second kappa shape index (κ2) is 4.70. The van der Waals surface area contributed by atoms with E-state index in [1.807, 2.05) is 6.07 Å². The number of hydrogen-bond donors (Lipinski definition) is 0. The standard InChI is InChI=1S/C13H7ClN4O/c14-9-3-1-2-8(6-9)12-17-10(7-19)11-13(18-12)16-5-4-15-11/h1-7H. The van der Waals surface area contributed by atoms with E-state index in [4.69, 9.17) is 11.6 Å². The molecule has 0 amide bonds. The van der Waals surface area contributed by atoms with Gasteiger partial charge in [0, 0.05) is 23.0 Å². The second-order valence-corrected chi connectivity index (χ2v) is 4.23. The van der Waals surface area contributed by atoms with Crippen LogP contribution in [0.1, 0.15) is 10.5 Å². The Morgan fingerprint density at radius 1 is 1.11 bits per heavy atom. The van der Waals surface area contributed by atoms with Gasteiger partial charge >= 0.3 is 0 Å². The summed E-state index contributed by atoms with van der Waals surface area (Å²) in [6, 6.07) is 7.10. The molecule has 6 heteroatoms. The van der Waals surface area contributed by atoms with Crippen molar-refractivity contribution in [1.82, 2.24) is 19.9 Å². The van der Waals surface area contributed by atoms with Crippen LogP contribution in [0.4, 0.5) is 0 Å². The Labute approximate surface area is 113 Å². The summed E-state index contributed by atoms with van der Waals surface area (Å²) in [5, 5.41) is 0.577. The first kappa shape index (κ1) is 11.7. The minimum Gasteiger partial charge on any atom is -0.296 e. The van der Waals surface area contributed by atoms with E-state index in [0.717, 1.165) is 5.56 Å². The fourth-order valence-electron chi connectivity index (χ4n) is 1.72. The van der Waals surface area contributed by atoms with Crippen LogP contribution in [0.25, 0.3) is 22.6 Å². The number of aromatic nitrogens is 4. The van der Waals surface area contributed by atoms with Gasteiger partial charge in [-0.2, -0.15) is 0 Å². The van der Waals surface area contributed by atoms with Crippen LogP contribution >= 0.6 is 11.6 Å². The number of nitrogens with zero attached hydrogens (tertiary/aromatic N) is 4. The number of carbonyl (C=O) groups excluding carboxylic acids is 1. The van der Waals surface area contributed by atoms with Crippen LogP contribution in [-0.2, 0) is 0 Å². The van der Waals surface area contributed by atoms with Crippen molar-refractivity contribution in [1.29, 1.82) is 0 Å². The highest BCUT2D eigenvalue weighted by molar-refractivity contribution is 6.30. The van der Waals surface area contributed by atoms with Crippen molar-refractivity contribution in [3.63, 3.8) is 0 Å². The van der Waals surface area contributed by atoms with E-state index >= 15 is 0 Å². The van der Waals surface area contributed by atoms with E-state index in [1.54, 1.807) is 18.2 Å². The van der Waals surface area contributed by atoms with Gasteiger partial charge in [-0.3, -0.25) is 4.79 Å². The molecule has 0 atom stereocenters. The number of hydrogen-bond acceptors (Lipinski definition) is 5. The van der Waals surface area contributed by atoms with Crippen LogP contribution < -0.4 is 0 Å². The van der Waals surface area contributed by atoms with E-state index in [0.29, 0.717) is 28.3 Å². The zero-order valence-electron chi connectivity index (χ0n) is 9.62. The lowest BCUT2D eigenvalue weighted by atomic mass is 10.2. The molecule has 0 spiro atoms. The summed E-state index contributed by atoms with van der Waals surface area (Å²) in [7, 11) is 0. The van der Waals surface area contributed by atoms with Crippen molar-refractivity contribution in [3.05, 3.63) is 47.4 Å². The lowest BCUT2D eigenvalue weighted by Gasteiger charge is -2.03. The SMILES string of the molecule is O=Cc1nc(-c2cccc(Cl)c2)nc2nccnc12. The van der Waals surface area contributed by atoms with Crippen LogP contribution in [0.15, 0.2) is 36.7 Å². The molecule has 3 aromatic rings. The Morgan fingerprint density at radius 2 is 1.95 bits per heavy atom. The highest BCUT2D eigenvalue weighted by Crippen LogP contribution is 2.21. The fraction of sp³-hybridized carbons (Fsp3) is 0. The number of fused-ring (bicyclic) bond motifs is 1. The second-order valence-electron chi connectivity index (χ2n) is 3.79. The number of halogens is 1. The first-order valence-corrected chi connectivity index (χ1v) is 5.85. The maximum atomic E-state index is 11.1. The Bertz CT molecular complexity index is 775. The van der Waals surface area contributed by atoms with Gasteiger partial charge in [0.15, 0.2) is 17.8 Å². The minimum atomic E-state index is 0.216. The summed E-state index contributed by atoms with van der Waals surface area (Å²) in [6.45, 7) is 0. The predicted molar refractivity (Wildman–Crippen MR) is 71.0 cm³/mol. The maximum Gasteiger partial charge on any atom is 0.182 e. The van der Waals surface area contributed by atoms with E-state index < -0.39 is 0 Å². The smallest absolute Gasteiger partial charge is 0.182 e. The summed E-state index contributed by atoms with van der Waals surface area (Å²) in [5.74, 6) is 0.401. The van der Waals surface area contributed by atoms with Gasteiger partial charge in [0.25, 0.3) is 0 Å². The molecule has 1 aromatic carbocycles. The molecule has 0 aliphatic carbocycles. The molecule has 0 aliphatic rings. The molecule has 0 unspecified atom stereocenters. The lowest BCUT2D eigenvalue weighted by Crippen LogP contribution is -1.99. The van der Waals surface area contributed by atoms with Crippen molar-refractivity contribution < 1.29 is 4.79 Å². The average Bonchev–Trinajstić information content (AvgIpc) is 2.46. The first-order chi connectivity index (χ1) is 9.28. The normalized spacial score (nSPS) is 10.6. The highest BCUT2D eigenvalue weighted by Gasteiger charge is 2.10. The van der Waals surface area contributed by atoms with Crippen molar-refractivity contribution in [2.75, 3.05) is 0 Å². The van der Waals surface area contributed by atoms with E-state index in [2.05, 4.69) is 19.9 Å². The largest absolute Gasteiger partial charge is 0.296 e. The third-order valence-corrected chi connectivity index (χ3v) is 2.79. The minimum absolute atomic E-state index is 0.216. The van der Waals surface area contributed by atoms with Crippen LogP contribution in [0.2, 0.25) is 5.02 Å². The molecule has 0 N–H and O–H groups in total. The summed E-state index contributed by atoms with van der Waals surface area (Å²) in [6.07, 6.45) is 3.66. The van der Waals surface area contributed by atoms with Gasteiger partial charge in [0.05, 0.1) is 0 Å². The van der Waals surface area contributed by atoms with Crippen LogP contribution in [0, 0.1) is 0 Å². The fourth-order valence-corrected chi connectivity index (χ4v) is 1.91. The average molecular weight is 271 g/mol. The molecule has 92 valence electrons. The molecule has 5 nitrogen and oxygen atoms in total. The monoisotopic (exact) mass is 270 g/mol. The molecular weight excluding hydrogens is 264 g/mol. The molecule has 0 saturated carbocycles. The number of benzene rings is 1. The Hall–Kier alpha value is -2.40. The molecule has 0 saturated heterocycles. The zero-order chi connectivity index (χ0) is 13.2. The number of rotatable bonds is 2. The van der Waals surface area contributed by atoms with Gasteiger partial charge in [0.2, 0.25) is 0 Å². The van der Waals surface area contributed by atoms with E-state index in [9.17, 15) is 4.79 Å². The number of carbonyl (C=O) groups is 1. The van der Waals surface area contributed by atoms with Crippen molar-refractivity contribution >= 4 is 29.1 Å². The highest BCUT2D eigenvalue weighted by atomic mass is 35.5. The van der Waals surface area contributed by atoms with Crippen LogP contribution in [0.5, 0.6) is 0 Å². The van der Waals surface area contributed by atoms with Crippen molar-refractivity contribution in [2.24, 2.45) is 0 Å². The third kappa shape index (κ3) is 2.15. The van der Waals surface area contributed by atoms with E-state index in [-0.39, 0.29) is 5.69 Å². The summed E-state index contributed by atoms with van der Waals surface area (Å²) in [5.41, 5.74) is 1.72. The molecule has 2 heterocycles. The van der Waals surface area contributed by atoms with Gasteiger partial charge in [0.1, 0.15) is 11.2 Å². The zero-order valence-corrected chi connectivity index (χ0v) is 10.4. The molecule has 0 radical (unpaired) electrons. The molecule has 0 bridgehead atoms. The maximum absolute atomic E-state index is 11.1.